The topological polar surface area (TPSA) is 45.1 Å². The first-order chi connectivity index (χ1) is 10.2. The minimum atomic E-state index is 0.326. The van der Waals surface area contributed by atoms with Crippen LogP contribution >= 0.6 is 11.3 Å². The minimum absolute atomic E-state index is 0.326. The Labute approximate surface area is 127 Å². The van der Waals surface area contributed by atoms with Crippen molar-refractivity contribution in [3.05, 3.63) is 65.2 Å². The molecule has 0 saturated carbocycles. The standard InChI is InChI=1S/C17H16N2OS/c1-12-2-7-16(20)14(10-12)11-19-15-5-3-13(4-6-15)17-18-8-9-21-17/h2-10,19-20H,11H2,1H3. The molecule has 0 spiro atoms. The fourth-order valence-corrected chi connectivity index (χ4v) is 2.79. The van der Waals surface area contributed by atoms with E-state index in [-0.39, 0.29) is 0 Å². The first-order valence-corrected chi connectivity index (χ1v) is 7.62. The number of hydrogen-bond acceptors (Lipinski definition) is 4. The number of thiazole rings is 1. The van der Waals surface area contributed by atoms with Crippen LogP contribution in [-0.4, -0.2) is 10.1 Å². The second kappa shape index (κ2) is 5.97. The van der Waals surface area contributed by atoms with E-state index in [0.717, 1.165) is 27.4 Å². The minimum Gasteiger partial charge on any atom is -0.508 e. The van der Waals surface area contributed by atoms with Gasteiger partial charge in [-0.1, -0.05) is 17.7 Å². The summed E-state index contributed by atoms with van der Waals surface area (Å²) in [5.74, 6) is 0.326. The van der Waals surface area contributed by atoms with Crippen LogP contribution in [-0.2, 0) is 6.54 Å². The predicted octanol–water partition coefficient (Wildman–Crippen LogP) is 4.44. The first kappa shape index (κ1) is 13.6. The van der Waals surface area contributed by atoms with Gasteiger partial charge in [0.15, 0.2) is 0 Å². The first-order valence-electron chi connectivity index (χ1n) is 6.75. The van der Waals surface area contributed by atoms with Crippen molar-refractivity contribution >= 4 is 17.0 Å². The summed E-state index contributed by atoms with van der Waals surface area (Å²) in [5.41, 5.74) is 4.19. The third-order valence-corrected chi connectivity index (χ3v) is 4.10. The van der Waals surface area contributed by atoms with Gasteiger partial charge in [0, 0.05) is 34.9 Å². The fraction of sp³-hybridized carbons (Fsp3) is 0.118. The molecule has 0 saturated heterocycles. The van der Waals surface area contributed by atoms with E-state index in [2.05, 4.69) is 22.4 Å². The molecule has 0 bridgehead atoms. The zero-order valence-electron chi connectivity index (χ0n) is 11.7. The number of aryl methyl sites for hydroxylation is 1. The van der Waals surface area contributed by atoms with E-state index >= 15 is 0 Å². The SMILES string of the molecule is Cc1ccc(O)c(CNc2ccc(-c3nccs3)cc2)c1. The van der Waals surface area contributed by atoms with Gasteiger partial charge in [0.2, 0.25) is 0 Å². The molecule has 106 valence electrons. The van der Waals surface area contributed by atoms with Crippen molar-refractivity contribution in [3.8, 4) is 16.3 Å². The number of phenolic OH excluding ortho intramolecular Hbond substituents is 1. The summed E-state index contributed by atoms with van der Waals surface area (Å²) in [6.45, 7) is 2.62. The molecule has 2 N–H and O–H groups in total. The zero-order chi connectivity index (χ0) is 14.7. The number of hydrogen-bond donors (Lipinski definition) is 2. The van der Waals surface area contributed by atoms with Gasteiger partial charge in [-0.25, -0.2) is 4.98 Å². The van der Waals surface area contributed by atoms with Gasteiger partial charge in [-0.2, -0.15) is 0 Å². The quantitative estimate of drug-likeness (QED) is 0.748. The third kappa shape index (κ3) is 3.23. The average Bonchev–Trinajstić information content (AvgIpc) is 3.03. The van der Waals surface area contributed by atoms with E-state index in [1.807, 2.05) is 42.8 Å². The van der Waals surface area contributed by atoms with Crippen LogP contribution in [0.5, 0.6) is 5.75 Å². The Balaban J connectivity index is 1.70. The smallest absolute Gasteiger partial charge is 0.123 e. The molecule has 0 amide bonds. The highest BCUT2D eigenvalue weighted by molar-refractivity contribution is 7.13. The molecule has 3 nitrogen and oxygen atoms in total. The van der Waals surface area contributed by atoms with Crippen LogP contribution in [0.2, 0.25) is 0 Å². The van der Waals surface area contributed by atoms with E-state index in [1.165, 1.54) is 0 Å². The predicted molar refractivity (Wildman–Crippen MR) is 87.7 cm³/mol. The van der Waals surface area contributed by atoms with Gasteiger partial charge in [0.25, 0.3) is 0 Å². The Morgan fingerprint density at radius 1 is 1.14 bits per heavy atom. The second-order valence-corrected chi connectivity index (χ2v) is 5.79. The molecule has 0 fully saturated rings. The molecule has 0 aliphatic heterocycles. The molecule has 0 radical (unpaired) electrons. The highest BCUT2D eigenvalue weighted by atomic mass is 32.1. The second-order valence-electron chi connectivity index (χ2n) is 4.90. The number of aromatic hydroxyl groups is 1. The lowest BCUT2D eigenvalue weighted by Crippen LogP contribution is -1.99. The van der Waals surface area contributed by atoms with E-state index in [1.54, 1.807) is 17.4 Å². The Kier molecular flexibility index (Phi) is 3.88. The van der Waals surface area contributed by atoms with Crippen LogP contribution in [0.1, 0.15) is 11.1 Å². The summed E-state index contributed by atoms with van der Waals surface area (Å²) in [4.78, 5) is 4.30. The summed E-state index contributed by atoms with van der Waals surface area (Å²) < 4.78 is 0. The maximum atomic E-state index is 9.84. The van der Waals surface area contributed by atoms with Gasteiger partial charge in [0.1, 0.15) is 10.8 Å². The molecule has 0 atom stereocenters. The van der Waals surface area contributed by atoms with Gasteiger partial charge in [-0.05, 0) is 37.3 Å². The van der Waals surface area contributed by atoms with Crippen LogP contribution in [0.3, 0.4) is 0 Å². The van der Waals surface area contributed by atoms with Crippen molar-refractivity contribution in [2.45, 2.75) is 13.5 Å². The monoisotopic (exact) mass is 296 g/mol. The molecule has 0 unspecified atom stereocenters. The van der Waals surface area contributed by atoms with Crippen LogP contribution in [0.25, 0.3) is 10.6 Å². The average molecular weight is 296 g/mol. The molecule has 1 heterocycles. The summed E-state index contributed by atoms with van der Waals surface area (Å²) >= 11 is 1.63. The van der Waals surface area contributed by atoms with Crippen molar-refractivity contribution < 1.29 is 5.11 Å². The maximum Gasteiger partial charge on any atom is 0.123 e. The lowest BCUT2D eigenvalue weighted by Gasteiger charge is -2.09. The van der Waals surface area contributed by atoms with Crippen molar-refractivity contribution in [2.24, 2.45) is 0 Å². The number of anilines is 1. The molecular weight excluding hydrogens is 280 g/mol. The summed E-state index contributed by atoms with van der Waals surface area (Å²) in [5, 5.41) is 16.2. The zero-order valence-corrected chi connectivity index (χ0v) is 12.5. The van der Waals surface area contributed by atoms with Crippen LogP contribution < -0.4 is 5.32 Å². The van der Waals surface area contributed by atoms with Crippen molar-refractivity contribution in [3.63, 3.8) is 0 Å². The molecule has 2 aromatic carbocycles. The summed E-state index contributed by atoms with van der Waals surface area (Å²) in [6, 6.07) is 13.8. The Hall–Kier alpha value is -2.33. The lowest BCUT2D eigenvalue weighted by molar-refractivity contribution is 0.469. The van der Waals surface area contributed by atoms with Crippen molar-refractivity contribution in [1.82, 2.24) is 4.98 Å². The number of aromatic nitrogens is 1. The lowest BCUT2D eigenvalue weighted by atomic mass is 10.1. The summed E-state index contributed by atoms with van der Waals surface area (Å²) in [6.07, 6.45) is 1.81. The van der Waals surface area contributed by atoms with Crippen molar-refractivity contribution in [1.29, 1.82) is 0 Å². The molecule has 21 heavy (non-hydrogen) atoms. The molecule has 3 rings (SSSR count). The van der Waals surface area contributed by atoms with E-state index in [4.69, 9.17) is 0 Å². The Morgan fingerprint density at radius 2 is 1.95 bits per heavy atom. The van der Waals surface area contributed by atoms with Crippen molar-refractivity contribution in [2.75, 3.05) is 5.32 Å². The number of benzene rings is 2. The molecule has 0 aliphatic carbocycles. The Bertz CT molecular complexity index is 721. The number of rotatable bonds is 4. The highest BCUT2D eigenvalue weighted by Crippen LogP contribution is 2.24. The van der Waals surface area contributed by atoms with Gasteiger partial charge in [-0.3, -0.25) is 0 Å². The maximum absolute atomic E-state index is 9.84. The van der Waals surface area contributed by atoms with Crippen LogP contribution in [0, 0.1) is 6.92 Å². The fourth-order valence-electron chi connectivity index (χ4n) is 2.15. The molecule has 4 heteroatoms. The van der Waals surface area contributed by atoms with E-state index in [0.29, 0.717) is 12.3 Å². The highest BCUT2D eigenvalue weighted by Gasteiger charge is 2.03. The molecule has 1 aromatic heterocycles. The number of phenols is 1. The van der Waals surface area contributed by atoms with Crippen LogP contribution in [0.4, 0.5) is 5.69 Å². The normalized spacial score (nSPS) is 10.5. The number of nitrogens with one attached hydrogen (secondary N) is 1. The number of nitrogens with zero attached hydrogens (tertiary/aromatic N) is 1. The molecular formula is C17H16N2OS. The van der Waals surface area contributed by atoms with Gasteiger partial charge < -0.3 is 10.4 Å². The van der Waals surface area contributed by atoms with Crippen LogP contribution in [0.15, 0.2) is 54.0 Å². The third-order valence-electron chi connectivity index (χ3n) is 3.28. The summed E-state index contributed by atoms with van der Waals surface area (Å²) in [7, 11) is 0. The molecule has 3 aromatic rings. The van der Waals surface area contributed by atoms with E-state index < -0.39 is 0 Å². The molecule has 0 aliphatic rings. The van der Waals surface area contributed by atoms with Gasteiger partial charge in [-0.15, -0.1) is 11.3 Å². The van der Waals surface area contributed by atoms with E-state index in [9.17, 15) is 5.11 Å². The van der Waals surface area contributed by atoms with Gasteiger partial charge in [0.05, 0.1) is 0 Å². The largest absolute Gasteiger partial charge is 0.508 e. The van der Waals surface area contributed by atoms with Gasteiger partial charge >= 0.3 is 0 Å². The Morgan fingerprint density at radius 3 is 2.67 bits per heavy atom.